The molecule has 3 heteroatoms. The molecule has 17 heavy (non-hydrogen) atoms. The topological polar surface area (TPSA) is 42.9 Å². The predicted molar refractivity (Wildman–Crippen MR) is 65.8 cm³/mol. The first-order valence-corrected chi connectivity index (χ1v) is 6.07. The molecule has 0 atom stereocenters. The quantitative estimate of drug-likeness (QED) is 0.753. The van der Waals surface area contributed by atoms with Crippen LogP contribution in [-0.2, 0) is 0 Å². The Morgan fingerprint density at radius 1 is 1.24 bits per heavy atom. The number of hydrogen-bond acceptors (Lipinski definition) is 3. The summed E-state index contributed by atoms with van der Waals surface area (Å²) in [6, 6.07) is 5.62. The predicted octanol–water partition coefficient (Wildman–Crippen LogP) is 3.00. The molecule has 0 bridgehead atoms. The van der Waals surface area contributed by atoms with Crippen molar-refractivity contribution in [3.8, 4) is 0 Å². The van der Waals surface area contributed by atoms with E-state index in [0.717, 1.165) is 28.9 Å². The van der Waals surface area contributed by atoms with Gasteiger partial charge in [0.05, 0.1) is 11.0 Å². The number of aromatic nitrogens is 2. The highest BCUT2D eigenvalue weighted by molar-refractivity contribution is 6.05. The lowest BCUT2D eigenvalue weighted by Crippen LogP contribution is -2.02. The fourth-order valence-corrected chi connectivity index (χ4v) is 2.09. The average molecular weight is 226 g/mol. The molecule has 1 aromatic heterocycles. The molecule has 0 unspecified atom stereocenters. The van der Waals surface area contributed by atoms with Crippen LogP contribution >= 0.6 is 0 Å². The molecule has 0 amide bonds. The monoisotopic (exact) mass is 226 g/mol. The molecule has 1 fully saturated rings. The summed E-state index contributed by atoms with van der Waals surface area (Å²) in [7, 11) is 0. The number of carbonyl (C=O) groups excluding carboxylic acids is 1. The molecule has 3 nitrogen and oxygen atoms in total. The molecule has 0 radical (unpaired) electrons. The molecule has 1 aliphatic carbocycles. The lowest BCUT2D eigenvalue weighted by atomic mass is 10.0. The van der Waals surface area contributed by atoms with Crippen LogP contribution in [0.25, 0.3) is 11.0 Å². The lowest BCUT2D eigenvalue weighted by Gasteiger charge is -2.03. The van der Waals surface area contributed by atoms with Gasteiger partial charge in [-0.05, 0) is 24.5 Å². The van der Waals surface area contributed by atoms with Crippen LogP contribution in [0.15, 0.2) is 30.6 Å². The number of benzene rings is 1. The SMILES string of the molecule is O=C(CCC1CC1)c1cccc2nccnc12. The van der Waals surface area contributed by atoms with Crippen LogP contribution in [0.4, 0.5) is 0 Å². The van der Waals surface area contributed by atoms with Crippen LogP contribution in [-0.4, -0.2) is 15.8 Å². The molecule has 86 valence electrons. The van der Waals surface area contributed by atoms with Gasteiger partial charge in [-0.15, -0.1) is 0 Å². The summed E-state index contributed by atoms with van der Waals surface area (Å²) in [5.74, 6) is 0.989. The van der Waals surface area contributed by atoms with Gasteiger partial charge in [-0.1, -0.05) is 18.9 Å². The van der Waals surface area contributed by atoms with Crippen LogP contribution in [0.1, 0.15) is 36.0 Å². The second-order valence-electron chi connectivity index (χ2n) is 4.63. The minimum Gasteiger partial charge on any atom is -0.294 e. The molecule has 0 spiro atoms. The molecule has 0 N–H and O–H groups in total. The van der Waals surface area contributed by atoms with Crippen LogP contribution < -0.4 is 0 Å². The van der Waals surface area contributed by atoms with Crippen molar-refractivity contribution in [3.63, 3.8) is 0 Å². The third-order valence-corrected chi connectivity index (χ3v) is 3.28. The Kier molecular flexibility index (Phi) is 2.59. The van der Waals surface area contributed by atoms with Gasteiger partial charge < -0.3 is 0 Å². The standard InChI is InChI=1S/C14H14N2O/c17-13(7-6-10-4-5-10)11-2-1-3-12-14(11)16-9-8-15-12/h1-3,8-10H,4-7H2. The van der Waals surface area contributed by atoms with E-state index in [0.29, 0.717) is 6.42 Å². The molecule has 2 aromatic rings. The Morgan fingerprint density at radius 3 is 2.88 bits per heavy atom. The Balaban J connectivity index is 1.89. The molecule has 1 aliphatic rings. The van der Waals surface area contributed by atoms with Gasteiger partial charge in [0.1, 0.15) is 0 Å². The second kappa shape index (κ2) is 4.24. The highest BCUT2D eigenvalue weighted by Crippen LogP contribution is 2.34. The summed E-state index contributed by atoms with van der Waals surface area (Å²) >= 11 is 0. The van der Waals surface area contributed by atoms with Gasteiger partial charge in [0, 0.05) is 24.4 Å². The Morgan fingerprint density at radius 2 is 2.06 bits per heavy atom. The summed E-state index contributed by atoms with van der Waals surface area (Å²) in [6.07, 6.45) is 7.54. The van der Waals surface area contributed by atoms with Crippen molar-refractivity contribution in [2.24, 2.45) is 5.92 Å². The molecule has 3 rings (SSSR count). The Hall–Kier alpha value is -1.77. The van der Waals surface area contributed by atoms with E-state index in [1.807, 2.05) is 18.2 Å². The average Bonchev–Trinajstić information content (AvgIpc) is 3.19. The first-order chi connectivity index (χ1) is 8.34. The van der Waals surface area contributed by atoms with Crippen molar-refractivity contribution in [2.75, 3.05) is 0 Å². The Bertz CT molecular complexity index is 556. The highest BCUT2D eigenvalue weighted by atomic mass is 16.1. The van der Waals surface area contributed by atoms with E-state index in [-0.39, 0.29) is 5.78 Å². The number of ketones is 1. The highest BCUT2D eigenvalue weighted by Gasteiger charge is 2.22. The fourth-order valence-electron chi connectivity index (χ4n) is 2.09. The van der Waals surface area contributed by atoms with E-state index >= 15 is 0 Å². The molecule has 1 heterocycles. The van der Waals surface area contributed by atoms with E-state index in [2.05, 4.69) is 9.97 Å². The number of nitrogens with zero attached hydrogens (tertiary/aromatic N) is 2. The summed E-state index contributed by atoms with van der Waals surface area (Å²) in [4.78, 5) is 20.6. The maximum atomic E-state index is 12.1. The van der Waals surface area contributed by atoms with E-state index in [9.17, 15) is 4.79 Å². The third kappa shape index (κ3) is 2.18. The summed E-state index contributed by atoms with van der Waals surface area (Å²) < 4.78 is 0. The normalized spacial score (nSPS) is 15.1. The third-order valence-electron chi connectivity index (χ3n) is 3.28. The van der Waals surface area contributed by atoms with Gasteiger partial charge in [0.2, 0.25) is 0 Å². The summed E-state index contributed by atoms with van der Waals surface area (Å²) in [5.41, 5.74) is 2.25. The number of rotatable bonds is 4. The van der Waals surface area contributed by atoms with Crippen molar-refractivity contribution in [3.05, 3.63) is 36.2 Å². The zero-order valence-corrected chi connectivity index (χ0v) is 9.60. The second-order valence-corrected chi connectivity index (χ2v) is 4.63. The zero-order chi connectivity index (χ0) is 11.7. The lowest BCUT2D eigenvalue weighted by molar-refractivity contribution is 0.0979. The van der Waals surface area contributed by atoms with Gasteiger partial charge in [0.15, 0.2) is 5.78 Å². The van der Waals surface area contributed by atoms with Crippen molar-refractivity contribution < 1.29 is 4.79 Å². The molecular formula is C14H14N2O. The van der Waals surface area contributed by atoms with Crippen LogP contribution in [0, 0.1) is 5.92 Å². The van der Waals surface area contributed by atoms with Crippen LogP contribution in [0.5, 0.6) is 0 Å². The van der Waals surface area contributed by atoms with Crippen LogP contribution in [0.2, 0.25) is 0 Å². The minimum absolute atomic E-state index is 0.197. The maximum Gasteiger partial charge on any atom is 0.165 e. The van der Waals surface area contributed by atoms with Gasteiger partial charge in [0.25, 0.3) is 0 Å². The van der Waals surface area contributed by atoms with Crippen LogP contribution in [0.3, 0.4) is 0 Å². The number of Topliss-reactive ketones (excluding diaryl/α,β-unsaturated/α-hetero) is 1. The number of hydrogen-bond donors (Lipinski definition) is 0. The van der Waals surface area contributed by atoms with Crippen molar-refractivity contribution >= 4 is 16.8 Å². The first-order valence-electron chi connectivity index (χ1n) is 6.07. The van der Waals surface area contributed by atoms with Crippen molar-refractivity contribution in [1.29, 1.82) is 0 Å². The zero-order valence-electron chi connectivity index (χ0n) is 9.60. The van der Waals surface area contributed by atoms with Gasteiger partial charge in [-0.25, -0.2) is 0 Å². The summed E-state index contributed by atoms with van der Waals surface area (Å²) in [6.45, 7) is 0. The number of para-hydroxylation sites is 1. The van der Waals surface area contributed by atoms with E-state index in [1.54, 1.807) is 12.4 Å². The molecule has 1 saturated carbocycles. The van der Waals surface area contributed by atoms with Gasteiger partial charge in [-0.3, -0.25) is 14.8 Å². The fraction of sp³-hybridized carbons (Fsp3) is 0.357. The maximum absolute atomic E-state index is 12.1. The van der Waals surface area contributed by atoms with E-state index < -0.39 is 0 Å². The smallest absolute Gasteiger partial charge is 0.165 e. The molecule has 1 aromatic carbocycles. The summed E-state index contributed by atoms with van der Waals surface area (Å²) in [5, 5.41) is 0. The molecular weight excluding hydrogens is 212 g/mol. The minimum atomic E-state index is 0.197. The van der Waals surface area contributed by atoms with Gasteiger partial charge in [-0.2, -0.15) is 0 Å². The van der Waals surface area contributed by atoms with E-state index in [1.165, 1.54) is 12.8 Å². The molecule has 0 saturated heterocycles. The van der Waals surface area contributed by atoms with E-state index in [4.69, 9.17) is 0 Å². The molecule has 0 aliphatic heterocycles. The van der Waals surface area contributed by atoms with Gasteiger partial charge >= 0.3 is 0 Å². The number of carbonyl (C=O) groups is 1. The first kappa shape index (κ1) is 10.4. The largest absolute Gasteiger partial charge is 0.294 e. The number of fused-ring (bicyclic) bond motifs is 1. The van der Waals surface area contributed by atoms with Crippen molar-refractivity contribution in [1.82, 2.24) is 9.97 Å². The van der Waals surface area contributed by atoms with Crippen molar-refractivity contribution in [2.45, 2.75) is 25.7 Å². The Labute approximate surface area is 99.9 Å².